The van der Waals surface area contributed by atoms with Crippen LogP contribution in [-0.2, 0) is 0 Å². The smallest absolute Gasteiger partial charge is 0.0433 e. The quantitative estimate of drug-likeness (QED) is 0.736. The lowest BCUT2D eigenvalue weighted by Gasteiger charge is -1.98. The second-order valence-corrected chi connectivity index (χ2v) is 6.05. The molecule has 0 aliphatic carbocycles. The van der Waals surface area contributed by atoms with Gasteiger partial charge in [-0.2, -0.15) is 0 Å². The maximum absolute atomic E-state index is 3.54. The average molecular weight is 271 g/mol. The van der Waals surface area contributed by atoms with Crippen molar-refractivity contribution in [3.8, 4) is 0 Å². The molecule has 1 aromatic heterocycles. The molecule has 0 nitrogen and oxygen atoms in total. The molecule has 0 saturated carbocycles. The Kier molecular flexibility index (Phi) is 3.15. The Hall–Kier alpha value is -0.170. The summed E-state index contributed by atoms with van der Waals surface area (Å²) in [6.07, 6.45) is 0. The fourth-order valence-corrected chi connectivity index (χ4v) is 4.06. The summed E-state index contributed by atoms with van der Waals surface area (Å²) >= 11 is 5.35. The Bertz CT molecular complexity index is 383. The van der Waals surface area contributed by atoms with Crippen LogP contribution in [0, 0.1) is 0 Å². The number of rotatable bonds is 2. The minimum absolute atomic E-state index is 0.772. The van der Waals surface area contributed by atoms with Crippen molar-refractivity contribution in [2.75, 3.05) is 0 Å². The van der Waals surface area contributed by atoms with Crippen molar-refractivity contribution < 1.29 is 0 Å². The zero-order chi connectivity index (χ0) is 9.10. The molecule has 0 spiro atoms. The van der Waals surface area contributed by atoms with E-state index in [-0.39, 0.29) is 0 Å². The van der Waals surface area contributed by atoms with E-state index in [1.54, 1.807) is 0 Å². The molecule has 13 heavy (non-hydrogen) atoms. The second kappa shape index (κ2) is 4.36. The molecule has 0 amide bonds. The van der Waals surface area contributed by atoms with Crippen molar-refractivity contribution in [2.24, 2.45) is 0 Å². The predicted octanol–water partition coefficient (Wildman–Crippen LogP) is 3.14. The van der Waals surface area contributed by atoms with E-state index in [4.69, 9.17) is 0 Å². The first-order chi connectivity index (χ1) is 6.36. The van der Waals surface area contributed by atoms with Gasteiger partial charge >= 0.3 is 0 Å². The van der Waals surface area contributed by atoms with Crippen LogP contribution in [0.4, 0.5) is 0 Å². The molecule has 1 unspecified atom stereocenters. The standard InChI is InChI=1S/C10H8BrPS/c11-9-6-7-13-10(9)12-8-4-2-1-3-5-8/h1-7,12H. The van der Waals surface area contributed by atoms with Crippen molar-refractivity contribution in [1.82, 2.24) is 0 Å². The van der Waals surface area contributed by atoms with Gasteiger partial charge < -0.3 is 0 Å². The summed E-state index contributed by atoms with van der Waals surface area (Å²) in [5, 5.41) is 3.51. The minimum atomic E-state index is 0.772. The van der Waals surface area contributed by atoms with Gasteiger partial charge in [-0.25, -0.2) is 0 Å². The number of halogens is 1. The average Bonchev–Trinajstić information content (AvgIpc) is 2.54. The van der Waals surface area contributed by atoms with Crippen molar-refractivity contribution in [2.45, 2.75) is 0 Å². The molecule has 2 rings (SSSR count). The maximum Gasteiger partial charge on any atom is 0.0433 e. The Morgan fingerprint density at radius 2 is 1.85 bits per heavy atom. The first-order valence-electron chi connectivity index (χ1n) is 3.91. The van der Waals surface area contributed by atoms with Crippen LogP contribution in [0.5, 0.6) is 0 Å². The molecule has 0 saturated heterocycles. The molecule has 1 aromatic carbocycles. The van der Waals surface area contributed by atoms with Gasteiger partial charge in [0, 0.05) is 9.09 Å². The molecule has 1 atom stereocenters. The fourth-order valence-electron chi connectivity index (χ4n) is 1.04. The van der Waals surface area contributed by atoms with Gasteiger partial charge in [0.1, 0.15) is 0 Å². The molecule has 2 aromatic rings. The molecule has 1 heterocycles. The normalized spacial score (nSPS) is 11.2. The summed E-state index contributed by atoms with van der Waals surface area (Å²) in [5.74, 6) is 0. The molecule has 3 heteroatoms. The van der Waals surface area contributed by atoms with Crippen LogP contribution in [0.15, 0.2) is 46.3 Å². The highest BCUT2D eigenvalue weighted by Crippen LogP contribution is 2.21. The molecule has 0 bridgehead atoms. The SMILES string of the molecule is Brc1ccsc1Pc1ccccc1. The first-order valence-corrected chi connectivity index (χ1v) is 6.58. The van der Waals surface area contributed by atoms with Gasteiger partial charge in [0.2, 0.25) is 0 Å². The van der Waals surface area contributed by atoms with Gasteiger partial charge in [0.15, 0.2) is 0 Å². The van der Waals surface area contributed by atoms with E-state index in [1.807, 2.05) is 11.3 Å². The summed E-state index contributed by atoms with van der Waals surface area (Å²) < 4.78 is 2.66. The van der Waals surface area contributed by atoms with Crippen molar-refractivity contribution >= 4 is 45.8 Å². The third kappa shape index (κ3) is 2.40. The molecule has 66 valence electrons. The van der Waals surface area contributed by atoms with E-state index in [9.17, 15) is 0 Å². The highest BCUT2D eigenvalue weighted by Gasteiger charge is 2.01. The van der Waals surface area contributed by atoms with Crippen LogP contribution in [0.3, 0.4) is 0 Å². The summed E-state index contributed by atoms with van der Waals surface area (Å²) in [7, 11) is 0.772. The Balaban J connectivity index is 2.20. The van der Waals surface area contributed by atoms with Crippen LogP contribution >= 0.6 is 35.8 Å². The number of hydrogen-bond donors (Lipinski definition) is 0. The summed E-state index contributed by atoms with van der Waals surface area (Å²) in [6.45, 7) is 0. The van der Waals surface area contributed by atoms with Gasteiger partial charge in [0.05, 0.1) is 0 Å². The Morgan fingerprint density at radius 1 is 1.08 bits per heavy atom. The third-order valence-electron chi connectivity index (χ3n) is 1.65. The van der Waals surface area contributed by atoms with Gasteiger partial charge in [-0.15, -0.1) is 11.3 Å². The summed E-state index contributed by atoms with van der Waals surface area (Å²) in [6, 6.07) is 12.7. The lowest BCUT2D eigenvalue weighted by Crippen LogP contribution is -1.99. The molecule has 0 radical (unpaired) electrons. The third-order valence-corrected chi connectivity index (χ3v) is 5.44. The zero-order valence-corrected chi connectivity index (χ0v) is 10.2. The van der Waals surface area contributed by atoms with E-state index < -0.39 is 0 Å². The Labute approximate surface area is 91.9 Å². The first kappa shape index (κ1) is 9.39. The fraction of sp³-hybridized carbons (Fsp3) is 0. The number of thiophene rings is 1. The molecule has 0 aliphatic heterocycles. The van der Waals surface area contributed by atoms with Crippen LogP contribution in [0.2, 0.25) is 0 Å². The largest absolute Gasteiger partial charge is 0.143 e. The number of hydrogen-bond acceptors (Lipinski definition) is 1. The minimum Gasteiger partial charge on any atom is -0.143 e. The topological polar surface area (TPSA) is 0 Å². The van der Waals surface area contributed by atoms with Gasteiger partial charge in [-0.05, 0) is 41.3 Å². The summed E-state index contributed by atoms with van der Waals surface area (Å²) in [4.78, 5) is 0. The van der Waals surface area contributed by atoms with Gasteiger partial charge in [0.25, 0.3) is 0 Å². The van der Waals surface area contributed by atoms with E-state index in [2.05, 4.69) is 57.7 Å². The zero-order valence-electron chi connectivity index (χ0n) is 6.83. The lowest BCUT2D eigenvalue weighted by atomic mass is 10.4. The van der Waals surface area contributed by atoms with E-state index in [0.717, 1.165) is 8.58 Å². The van der Waals surface area contributed by atoms with Crippen molar-refractivity contribution in [3.05, 3.63) is 46.3 Å². The summed E-state index contributed by atoms with van der Waals surface area (Å²) in [5.41, 5.74) is 0. The number of benzene rings is 1. The monoisotopic (exact) mass is 270 g/mol. The van der Waals surface area contributed by atoms with Crippen molar-refractivity contribution in [1.29, 1.82) is 0 Å². The molecular formula is C10H8BrPS. The second-order valence-electron chi connectivity index (χ2n) is 2.59. The lowest BCUT2D eigenvalue weighted by molar-refractivity contribution is 1.78. The van der Waals surface area contributed by atoms with E-state index >= 15 is 0 Å². The molecule has 0 aliphatic rings. The molecular weight excluding hydrogens is 263 g/mol. The van der Waals surface area contributed by atoms with Crippen LogP contribution in [-0.4, -0.2) is 0 Å². The van der Waals surface area contributed by atoms with E-state index in [1.165, 1.54) is 14.4 Å². The van der Waals surface area contributed by atoms with E-state index in [0.29, 0.717) is 0 Å². The molecule has 0 N–H and O–H groups in total. The molecule has 0 fully saturated rings. The highest BCUT2D eigenvalue weighted by molar-refractivity contribution is 9.10. The van der Waals surface area contributed by atoms with Crippen molar-refractivity contribution in [3.63, 3.8) is 0 Å². The van der Waals surface area contributed by atoms with Crippen LogP contribution in [0.25, 0.3) is 0 Å². The van der Waals surface area contributed by atoms with Crippen LogP contribution < -0.4 is 9.92 Å². The Morgan fingerprint density at radius 3 is 2.46 bits per heavy atom. The van der Waals surface area contributed by atoms with Crippen LogP contribution in [0.1, 0.15) is 0 Å². The maximum atomic E-state index is 3.54. The predicted molar refractivity (Wildman–Crippen MR) is 66.0 cm³/mol. The highest BCUT2D eigenvalue weighted by atomic mass is 79.9. The van der Waals surface area contributed by atoms with Gasteiger partial charge in [-0.1, -0.05) is 30.3 Å². The van der Waals surface area contributed by atoms with Gasteiger partial charge in [-0.3, -0.25) is 0 Å².